The van der Waals surface area contributed by atoms with E-state index in [1.165, 1.54) is 4.31 Å². The Balaban J connectivity index is 1.26. The second kappa shape index (κ2) is 10.5. The van der Waals surface area contributed by atoms with E-state index in [9.17, 15) is 13.2 Å². The van der Waals surface area contributed by atoms with Crippen LogP contribution in [0.25, 0.3) is 10.8 Å². The van der Waals surface area contributed by atoms with Crippen molar-refractivity contribution in [3.63, 3.8) is 0 Å². The molecule has 1 amide bonds. The molecule has 0 radical (unpaired) electrons. The lowest BCUT2D eigenvalue weighted by Crippen LogP contribution is -2.46. The standard InChI is InChI=1S/C25H27ClN2O4S/c26-23-10-7-19(8-11-23)18-33(30,31)28-14-3-6-22(17-28)25(29)27-13-15-32-24-12-9-20-4-1-2-5-21(20)16-24/h1-2,4-5,7-12,16,22H,3,6,13-15,17-18H2,(H,27,29)/t22-/m1/s1. The molecule has 1 aliphatic rings. The van der Waals surface area contributed by atoms with Crippen molar-refractivity contribution < 1.29 is 17.9 Å². The third-order valence-corrected chi connectivity index (χ3v) is 7.87. The molecule has 0 bridgehead atoms. The van der Waals surface area contributed by atoms with Crippen molar-refractivity contribution in [3.05, 3.63) is 77.3 Å². The Bertz CT molecular complexity index is 1210. The van der Waals surface area contributed by atoms with E-state index in [0.717, 1.165) is 16.5 Å². The Kier molecular flexibility index (Phi) is 7.53. The molecule has 0 spiro atoms. The maximum atomic E-state index is 12.9. The number of amides is 1. The third kappa shape index (κ3) is 6.25. The number of nitrogens with zero attached hydrogens (tertiary/aromatic N) is 1. The van der Waals surface area contributed by atoms with Crippen LogP contribution in [0, 0.1) is 5.92 Å². The minimum absolute atomic E-state index is 0.0991. The summed E-state index contributed by atoms with van der Waals surface area (Å²) in [5.41, 5.74) is 0.678. The van der Waals surface area contributed by atoms with Gasteiger partial charge in [-0.15, -0.1) is 0 Å². The summed E-state index contributed by atoms with van der Waals surface area (Å²) in [6, 6.07) is 20.7. The van der Waals surface area contributed by atoms with E-state index < -0.39 is 10.0 Å². The van der Waals surface area contributed by atoms with Gasteiger partial charge in [0.15, 0.2) is 0 Å². The van der Waals surface area contributed by atoms with Crippen LogP contribution in [0.15, 0.2) is 66.7 Å². The van der Waals surface area contributed by atoms with Crippen LogP contribution >= 0.6 is 11.6 Å². The lowest BCUT2D eigenvalue weighted by Gasteiger charge is -2.31. The highest BCUT2D eigenvalue weighted by Gasteiger charge is 2.32. The Morgan fingerprint density at radius 3 is 2.61 bits per heavy atom. The van der Waals surface area contributed by atoms with Gasteiger partial charge in [0.05, 0.1) is 18.2 Å². The second-order valence-corrected chi connectivity index (χ2v) is 10.6. The second-order valence-electron chi connectivity index (χ2n) is 8.23. The van der Waals surface area contributed by atoms with E-state index in [0.29, 0.717) is 43.1 Å². The number of benzene rings is 3. The van der Waals surface area contributed by atoms with Crippen molar-refractivity contribution in [2.45, 2.75) is 18.6 Å². The van der Waals surface area contributed by atoms with Crippen LogP contribution in [0.2, 0.25) is 5.02 Å². The van der Waals surface area contributed by atoms with Crippen LogP contribution in [0.3, 0.4) is 0 Å². The molecule has 1 fully saturated rings. The van der Waals surface area contributed by atoms with Crippen LogP contribution in [0.1, 0.15) is 18.4 Å². The smallest absolute Gasteiger partial charge is 0.224 e. The summed E-state index contributed by atoms with van der Waals surface area (Å²) in [5, 5.41) is 5.70. The molecule has 1 atom stereocenters. The molecule has 6 nitrogen and oxygen atoms in total. The van der Waals surface area contributed by atoms with Gasteiger partial charge in [0.25, 0.3) is 0 Å². The number of hydrogen-bond acceptors (Lipinski definition) is 4. The van der Waals surface area contributed by atoms with Crippen molar-refractivity contribution in [3.8, 4) is 5.75 Å². The van der Waals surface area contributed by atoms with E-state index in [2.05, 4.69) is 5.32 Å². The molecule has 0 unspecified atom stereocenters. The third-order valence-electron chi connectivity index (χ3n) is 5.80. The van der Waals surface area contributed by atoms with Crippen molar-refractivity contribution in [1.82, 2.24) is 9.62 Å². The highest BCUT2D eigenvalue weighted by atomic mass is 35.5. The molecule has 1 N–H and O–H groups in total. The zero-order chi connectivity index (χ0) is 23.3. The van der Waals surface area contributed by atoms with Crippen LogP contribution in [-0.4, -0.2) is 44.9 Å². The average Bonchev–Trinajstić information content (AvgIpc) is 2.83. The van der Waals surface area contributed by atoms with Crippen molar-refractivity contribution in [2.75, 3.05) is 26.2 Å². The molecule has 0 saturated carbocycles. The number of hydrogen-bond donors (Lipinski definition) is 1. The molecule has 3 aromatic carbocycles. The molecule has 174 valence electrons. The number of sulfonamides is 1. The highest BCUT2D eigenvalue weighted by Crippen LogP contribution is 2.23. The monoisotopic (exact) mass is 486 g/mol. The summed E-state index contributed by atoms with van der Waals surface area (Å²) in [5.74, 6) is 0.154. The quantitative estimate of drug-likeness (QED) is 0.483. The summed E-state index contributed by atoms with van der Waals surface area (Å²) in [6.07, 6.45) is 1.33. The first-order chi connectivity index (χ1) is 15.9. The van der Waals surface area contributed by atoms with Gasteiger partial charge in [0.1, 0.15) is 12.4 Å². The molecule has 4 rings (SSSR count). The van der Waals surface area contributed by atoms with Gasteiger partial charge in [-0.05, 0) is 53.4 Å². The summed E-state index contributed by atoms with van der Waals surface area (Å²) in [4.78, 5) is 12.6. The number of piperidine rings is 1. The minimum atomic E-state index is -3.51. The number of fused-ring (bicyclic) bond motifs is 1. The number of ether oxygens (including phenoxy) is 1. The number of carbonyl (C=O) groups is 1. The van der Waals surface area contributed by atoms with Crippen molar-refractivity contribution >= 4 is 38.3 Å². The van der Waals surface area contributed by atoms with Crippen LogP contribution in [-0.2, 0) is 20.6 Å². The SMILES string of the molecule is O=C(NCCOc1ccc2ccccc2c1)[C@@H]1CCCN(S(=O)(=O)Cc2ccc(Cl)cc2)C1. The minimum Gasteiger partial charge on any atom is -0.492 e. The molecule has 8 heteroatoms. The Morgan fingerprint density at radius 1 is 1.06 bits per heavy atom. The highest BCUT2D eigenvalue weighted by molar-refractivity contribution is 7.88. The molecule has 1 saturated heterocycles. The lowest BCUT2D eigenvalue weighted by atomic mass is 9.99. The first-order valence-corrected chi connectivity index (χ1v) is 13.0. The van der Waals surface area contributed by atoms with Gasteiger partial charge >= 0.3 is 0 Å². The predicted molar refractivity (Wildman–Crippen MR) is 131 cm³/mol. The molecule has 0 aliphatic carbocycles. The van der Waals surface area contributed by atoms with Crippen LogP contribution in [0.4, 0.5) is 0 Å². The summed E-state index contributed by atoms with van der Waals surface area (Å²) < 4.78 is 32.9. The van der Waals surface area contributed by atoms with Gasteiger partial charge in [0, 0.05) is 18.1 Å². The molecule has 0 aromatic heterocycles. The first-order valence-electron chi connectivity index (χ1n) is 11.0. The number of halogens is 1. The average molecular weight is 487 g/mol. The van der Waals surface area contributed by atoms with Gasteiger partial charge in [-0.3, -0.25) is 4.79 Å². The van der Waals surface area contributed by atoms with E-state index in [1.807, 2.05) is 42.5 Å². The fourth-order valence-electron chi connectivity index (χ4n) is 4.04. The first kappa shape index (κ1) is 23.5. The zero-order valence-corrected chi connectivity index (χ0v) is 19.8. The fourth-order valence-corrected chi connectivity index (χ4v) is 5.77. The normalized spacial score (nSPS) is 17.1. The van der Waals surface area contributed by atoms with Crippen molar-refractivity contribution in [2.24, 2.45) is 5.92 Å². The fraction of sp³-hybridized carbons (Fsp3) is 0.320. The largest absolute Gasteiger partial charge is 0.492 e. The zero-order valence-electron chi connectivity index (χ0n) is 18.2. The van der Waals surface area contributed by atoms with Gasteiger partial charge in [-0.25, -0.2) is 12.7 Å². The number of nitrogens with one attached hydrogen (secondary N) is 1. The lowest BCUT2D eigenvalue weighted by molar-refractivity contribution is -0.126. The maximum Gasteiger partial charge on any atom is 0.224 e. The molecular formula is C25H27ClN2O4S. The topological polar surface area (TPSA) is 75.7 Å². The van der Waals surface area contributed by atoms with E-state index in [1.54, 1.807) is 24.3 Å². The van der Waals surface area contributed by atoms with Gasteiger partial charge in [-0.2, -0.15) is 0 Å². The maximum absolute atomic E-state index is 12.9. The van der Waals surface area contributed by atoms with Gasteiger partial charge in [0.2, 0.25) is 15.9 Å². The van der Waals surface area contributed by atoms with Crippen LogP contribution in [0.5, 0.6) is 5.75 Å². The Morgan fingerprint density at radius 2 is 1.82 bits per heavy atom. The molecule has 1 aliphatic heterocycles. The Labute approximate surface area is 199 Å². The van der Waals surface area contributed by atoms with E-state index in [-0.39, 0.29) is 24.1 Å². The van der Waals surface area contributed by atoms with E-state index >= 15 is 0 Å². The number of carbonyl (C=O) groups excluding carboxylic acids is 1. The molecule has 3 aromatic rings. The summed E-state index contributed by atoms with van der Waals surface area (Å²) in [6.45, 7) is 1.34. The van der Waals surface area contributed by atoms with Crippen LogP contribution < -0.4 is 10.1 Å². The predicted octanol–water partition coefficient (Wildman–Crippen LogP) is 4.23. The van der Waals surface area contributed by atoms with E-state index in [4.69, 9.17) is 16.3 Å². The summed E-state index contributed by atoms with van der Waals surface area (Å²) in [7, 11) is -3.51. The molecular weight excluding hydrogens is 460 g/mol. The van der Waals surface area contributed by atoms with Gasteiger partial charge in [-0.1, -0.05) is 54.1 Å². The van der Waals surface area contributed by atoms with Crippen molar-refractivity contribution in [1.29, 1.82) is 0 Å². The summed E-state index contributed by atoms with van der Waals surface area (Å²) >= 11 is 5.88. The Hall–Kier alpha value is -2.61. The number of rotatable bonds is 8. The van der Waals surface area contributed by atoms with Gasteiger partial charge < -0.3 is 10.1 Å². The molecule has 33 heavy (non-hydrogen) atoms. The molecule has 1 heterocycles.